The summed E-state index contributed by atoms with van der Waals surface area (Å²) in [6.45, 7) is 0. The molecule has 94 valence electrons. The van der Waals surface area contributed by atoms with Crippen LogP contribution in [-0.4, -0.2) is 0 Å². The quantitative estimate of drug-likeness (QED) is 0.456. The lowest BCUT2D eigenvalue weighted by Gasteiger charge is -2.03. The van der Waals surface area contributed by atoms with Crippen LogP contribution in [0.15, 0.2) is 58.0 Å². The molecule has 0 amide bonds. The molecule has 0 atom stereocenters. The molecule has 3 rings (SSSR count). The van der Waals surface area contributed by atoms with Gasteiger partial charge in [-0.3, -0.25) is 0 Å². The van der Waals surface area contributed by atoms with Gasteiger partial charge < -0.3 is 0 Å². The average Bonchev–Trinajstić information content (AvgIpc) is 2.85. The summed E-state index contributed by atoms with van der Waals surface area (Å²) in [4.78, 5) is 2.52. The van der Waals surface area contributed by atoms with Crippen LogP contribution in [0, 0.1) is 0 Å². The molecule has 2 aromatic carbocycles. The molecule has 3 aromatic rings. The summed E-state index contributed by atoms with van der Waals surface area (Å²) in [7, 11) is 0. The van der Waals surface area contributed by atoms with Crippen molar-refractivity contribution in [1.29, 1.82) is 0 Å². The van der Waals surface area contributed by atoms with Gasteiger partial charge >= 0.3 is 0 Å². The lowest BCUT2D eigenvalue weighted by molar-refractivity contribution is 1.74. The van der Waals surface area contributed by atoms with Crippen molar-refractivity contribution in [3.8, 4) is 10.4 Å². The topological polar surface area (TPSA) is 0 Å². The molecule has 0 spiro atoms. The summed E-state index contributed by atoms with van der Waals surface area (Å²) in [5.74, 6) is 0. The van der Waals surface area contributed by atoms with Gasteiger partial charge in [0.05, 0.1) is 3.39 Å². The molecule has 0 nitrogen and oxygen atoms in total. The number of rotatable bonds is 2. The lowest BCUT2D eigenvalue weighted by Crippen LogP contribution is -1.76. The summed E-state index contributed by atoms with van der Waals surface area (Å²) >= 11 is 8.59. The number of thiophene rings is 1. The normalized spacial score (nSPS) is 10.6. The molecule has 0 N–H and O–H groups in total. The predicted octanol–water partition coefficient (Wildman–Crippen LogP) is 6.66. The second-order valence-corrected chi connectivity index (χ2v) is 8.05. The zero-order valence-electron chi connectivity index (χ0n) is 9.94. The third-order valence-corrected chi connectivity index (χ3v) is 4.46. The summed E-state index contributed by atoms with van der Waals surface area (Å²) < 4.78 is 0.964. The Bertz CT molecular complexity index is 747. The fourth-order valence-corrected chi connectivity index (χ4v) is 3.91. The van der Waals surface area contributed by atoms with E-state index in [-0.39, 0.29) is 0 Å². The van der Waals surface area contributed by atoms with E-state index in [1.54, 1.807) is 11.3 Å². The highest BCUT2D eigenvalue weighted by Gasteiger charge is 2.05. The Labute approximate surface area is 133 Å². The van der Waals surface area contributed by atoms with E-state index in [1.807, 2.05) is 0 Å². The van der Waals surface area contributed by atoms with Crippen molar-refractivity contribution >= 4 is 60.0 Å². The molecule has 0 radical (unpaired) electrons. The number of hydrogen-bond donors (Lipinski definition) is 0. The van der Waals surface area contributed by atoms with E-state index in [4.69, 9.17) is 0 Å². The highest BCUT2D eigenvalue weighted by Crippen LogP contribution is 2.35. The molecule has 1 aromatic heterocycles. The van der Waals surface area contributed by atoms with Crippen LogP contribution in [0.3, 0.4) is 0 Å². The second-order valence-electron chi connectivity index (χ2n) is 4.16. The zero-order valence-corrected chi connectivity index (χ0v) is 13.9. The van der Waals surface area contributed by atoms with Crippen LogP contribution < -0.4 is 0 Å². The summed E-state index contributed by atoms with van der Waals surface area (Å²) in [5, 5.41) is 2.59. The molecule has 0 saturated heterocycles. The summed E-state index contributed by atoms with van der Waals surface area (Å²) in [6.07, 6.45) is 2.07. The maximum atomic E-state index is 3.40. The minimum Gasteiger partial charge on any atom is -0.136 e. The van der Waals surface area contributed by atoms with Gasteiger partial charge in [-0.1, -0.05) is 42.5 Å². The standard InChI is InChI=1S/C16H10Br2S/c17-16(18)10-12-8-9-15(19-12)14-7-3-5-11-4-1-2-6-13(11)14/h1-10H. The van der Waals surface area contributed by atoms with E-state index in [1.165, 1.54) is 26.1 Å². The molecular formula is C16H10Br2S. The molecule has 0 bridgehead atoms. The van der Waals surface area contributed by atoms with Crippen LogP contribution in [0.4, 0.5) is 0 Å². The van der Waals surface area contributed by atoms with Gasteiger partial charge in [-0.2, -0.15) is 0 Å². The van der Waals surface area contributed by atoms with Crippen molar-refractivity contribution in [2.75, 3.05) is 0 Å². The number of halogens is 2. The molecule has 0 aliphatic carbocycles. The van der Waals surface area contributed by atoms with E-state index in [9.17, 15) is 0 Å². The zero-order chi connectivity index (χ0) is 13.2. The Hall–Kier alpha value is -0.900. The molecule has 0 unspecified atom stereocenters. The fourth-order valence-electron chi connectivity index (χ4n) is 2.12. The average molecular weight is 394 g/mol. The van der Waals surface area contributed by atoms with Gasteiger partial charge in [0.1, 0.15) is 0 Å². The van der Waals surface area contributed by atoms with Crippen molar-refractivity contribution in [3.05, 3.63) is 62.9 Å². The Morgan fingerprint density at radius 1 is 0.895 bits per heavy atom. The third-order valence-electron chi connectivity index (χ3n) is 2.93. The van der Waals surface area contributed by atoms with E-state index in [0.29, 0.717) is 0 Å². The van der Waals surface area contributed by atoms with Gasteiger partial charge in [0.15, 0.2) is 0 Å². The molecule has 3 heteroatoms. The van der Waals surface area contributed by atoms with Crippen molar-refractivity contribution < 1.29 is 0 Å². The first-order valence-electron chi connectivity index (χ1n) is 5.85. The number of benzene rings is 2. The van der Waals surface area contributed by atoms with Gasteiger partial charge in [0.25, 0.3) is 0 Å². The van der Waals surface area contributed by atoms with Gasteiger partial charge in [0, 0.05) is 9.75 Å². The molecule has 0 aliphatic heterocycles. The Morgan fingerprint density at radius 2 is 1.68 bits per heavy atom. The molecular weight excluding hydrogens is 384 g/mol. The van der Waals surface area contributed by atoms with Crippen molar-refractivity contribution in [2.45, 2.75) is 0 Å². The Morgan fingerprint density at radius 3 is 2.53 bits per heavy atom. The first kappa shape index (κ1) is 13.1. The van der Waals surface area contributed by atoms with Crippen LogP contribution in [0.25, 0.3) is 27.3 Å². The van der Waals surface area contributed by atoms with Crippen LogP contribution in [0.1, 0.15) is 4.88 Å². The van der Waals surface area contributed by atoms with E-state index >= 15 is 0 Å². The highest BCUT2D eigenvalue weighted by atomic mass is 79.9. The van der Waals surface area contributed by atoms with Crippen LogP contribution in [0.2, 0.25) is 0 Å². The third kappa shape index (κ3) is 2.83. The fraction of sp³-hybridized carbons (Fsp3) is 0. The monoisotopic (exact) mass is 392 g/mol. The van der Waals surface area contributed by atoms with Crippen LogP contribution in [-0.2, 0) is 0 Å². The number of hydrogen-bond acceptors (Lipinski definition) is 1. The molecule has 0 fully saturated rings. The Kier molecular flexibility index (Phi) is 3.87. The van der Waals surface area contributed by atoms with E-state index in [2.05, 4.69) is 92.5 Å². The summed E-state index contributed by atoms with van der Waals surface area (Å²) in [5.41, 5.74) is 1.30. The molecule has 0 saturated carbocycles. The van der Waals surface area contributed by atoms with Gasteiger partial charge in [-0.05, 0) is 66.4 Å². The minimum atomic E-state index is 0.964. The smallest absolute Gasteiger partial charge is 0.0618 e. The first-order valence-corrected chi connectivity index (χ1v) is 8.25. The first-order chi connectivity index (χ1) is 9.24. The lowest BCUT2D eigenvalue weighted by atomic mass is 10.0. The molecule has 1 heterocycles. The highest BCUT2D eigenvalue weighted by molar-refractivity contribution is 9.28. The maximum absolute atomic E-state index is 3.40. The SMILES string of the molecule is BrC(Br)=Cc1ccc(-c2cccc3ccccc23)s1. The molecule has 19 heavy (non-hydrogen) atoms. The van der Waals surface area contributed by atoms with Crippen molar-refractivity contribution in [2.24, 2.45) is 0 Å². The predicted molar refractivity (Wildman–Crippen MR) is 93.1 cm³/mol. The van der Waals surface area contributed by atoms with Gasteiger partial charge in [-0.25, -0.2) is 0 Å². The summed E-state index contributed by atoms with van der Waals surface area (Å²) in [6, 6.07) is 19.3. The number of fused-ring (bicyclic) bond motifs is 1. The van der Waals surface area contributed by atoms with Crippen LogP contribution in [0.5, 0.6) is 0 Å². The van der Waals surface area contributed by atoms with Crippen molar-refractivity contribution in [1.82, 2.24) is 0 Å². The van der Waals surface area contributed by atoms with Crippen LogP contribution >= 0.6 is 43.2 Å². The molecule has 0 aliphatic rings. The van der Waals surface area contributed by atoms with E-state index in [0.717, 1.165) is 3.39 Å². The van der Waals surface area contributed by atoms with Crippen molar-refractivity contribution in [3.63, 3.8) is 0 Å². The maximum Gasteiger partial charge on any atom is 0.0618 e. The Balaban J connectivity index is 2.14. The largest absolute Gasteiger partial charge is 0.136 e. The second kappa shape index (κ2) is 5.61. The van der Waals surface area contributed by atoms with E-state index < -0.39 is 0 Å². The van der Waals surface area contributed by atoms with Gasteiger partial charge in [-0.15, -0.1) is 11.3 Å². The van der Waals surface area contributed by atoms with Gasteiger partial charge in [0.2, 0.25) is 0 Å². The minimum absolute atomic E-state index is 0.964.